The maximum atomic E-state index is 12.4. The van der Waals surface area contributed by atoms with Crippen LogP contribution in [-0.4, -0.2) is 28.4 Å². The number of carbonyl (C=O) groups is 1. The Balaban J connectivity index is 1.88. The Morgan fingerprint density at radius 2 is 2.00 bits per heavy atom. The second-order valence-electron chi connectivity index (χ2n) is 5.41. The van der Waals surface area contributed by atoms with Gasteiger partial charge in [-0.25, -0.2) is 0 Å². The van der Waals surface area contributed by atoms with Crippen LogP contribution in [0.1, 0.15) is 23.2 Å². The molecule has 3 rings (SSSR count). The molecule has 1 amide bonds. The Kier molecular flexibility index (Phi) is 4.04. The highest BCUT2D eigenvalue weighted by atomic mass is 19.4. The molecule has 126 valence electrons. The number of phenols is 1. The molecule has 5 nitrogen and oxygen atoms in total. The molecular formula is C16H13F3N2O3. The van der Waals surface area contributed by atoms with Crippen LogP contribution >= 0.6 is 0 Å². The number of aromatic hydroxyl groups is 1. The average molecular weight is 338 g/mol. The smallest absolute Gasteiger partial charge is 0.504 e. The molecule has 0 saturated heterocycles. The molecule has 1 aromatic heterocycles. The summed E-state index contributed by atoms with van der Waals surface area (Å²) in [5, 5.41) is 12.3. The SMILES string of the molecule is O=C(NC1CC1)c1ccnc(-c2ccc(O)c(OC(F)(F)F)c2)c1. The van der Waals surface area contributed by atoms with Crippen LogP contribution in [0.2, 0.25) is 0 Å². The highest BCUT2D eigenvalue weighted by Gasteiger charge is 2.32. The van der Waals surface area contributed by atoms with Gasteiger partial charge in [0.05, 0.1) is 5.69 Å². The maximum absolute atomic E-state index is 12.4. The molecule has 2 N–H and O–H groups in total. The lowest BCUT2D eigenvalue weighted by Gasteiger charge is -2.12. The van der Waals surface area contributed by atoms with Crippen molar-refractivity contribution in [2.24, 2.45) is 0 Å². The predicted molar refractivity (Wildman–Crippen MR) is 78.5 cm³/mol. The fourth-order valence-electron chi connectivity index (χ4n) is 2.11. The van der Waals surface area contributed by atoms with E-state index in [4.69, 9.17) is 0 Å². The fraction of sp³-hybridized carbons (Fsp3) is 0.250. The number of hydrogen-bond acceptors (Lipinski definition) is 4. The van der Waals surface area contributed by atoms with E-state index in [1.165, 1.54) is 24.4 Å². The lowest BCUT2D eigenvalue weighted by molar-refractivity contribution is -0.275. The van der Waals surface area contributed by atoms with Crippen LogP contribution in [0.5, 0.6) is 11.5 Å². The van der Waals surface area contributed by atoms with E-state index >= 15 is 0 Å². The highest BCUT2D eigenvalue weighted by molar-refractivity contribution is 5.95. The molecule has 0 unspecified atom stereocenters. The van der Waals surface area contributed by atoms with Gasteiger partial charge in [0.15, 0.2) is 11.5 Å². The standard InChI is InChI=1S/C16H13F3N2O3/c17-16(18,19)24-14-8-9(1-4-13(14)22)12-7-10(5-6-20-12)15(23)21-11-2-3-11/h1,4-8,11,22H,2-3H2,(H,21,23). The number of phenolic OH excluding ortho intramolecular Hbond substituents is 1. The first kappa shape index (κ1) is 16.1. The second kappa shape index (κ2) is 6.03. The molecule has 2 aromatic rings. The van der Waals surface area contributed by atoms with Crippen molar-refractivity contribution in [2.45, 2.75) is 25.2 Å². The van der Waals surface area contributed by atoms with Crippen molar-refractivity contribution < 1.29 is 27.8 Å². The van der Waals surface area contributed by atoms with E-state index in [0.717, 1.165) is 25.0 Å². The van der Waals surface area contributed by atoms with E-state index in [-0.39, 0.29) is 17.5 Å². The predicted octanol–water partition coefficient (Wildman–Crippen LogP) is 3.25. The number of nitrogens with one attached hydrogen (secondary N) is 1. The van der Waals surface area contributed by atoms with Crippen LogP contribution in [0.15, 0.2) is 36.5 Å². The molecule has 1 heterocycles. The highest BCUT2D eigenvalue weighted by Crippen LogP contribution is 2.34. The van der Waals surface area contributed by atoms with Crippen LogP contribution in [-0.2, 0) is 0 Å². The van der Waals surface area contributed by atoms with E-state index in [1.807, 2.05) is 0 Å². The number of halogens is 3. The Morgan fingerprint density at radius 1 is 1.25 bits per heavy atom. The van der Waals surface area contributed by atoms with Crippen LogP contribution < -0.4 is 10.1 Å². The number of carbonyl (C=O) groups excluding carboxylic acids is 1. The zero-order valence-electron chi connectivity index (χ0n) is 12.3. The van der Waals surface area contributed by atoms with Gasteiger partial charge in [-0.15, -0.1) is 13.2 Å². The molecule has 0 aliphatic heterocycles. The molecule has 1 aromatic carbocycles. The Bertz CT molecular complexity index is 773. The van der Waals surface area contributed by atoms with Gasteiger partial charge in [0, 0.05) is 23.4 Å². The third kappa shape index (κ3) is 3.95. The minimum Gasteiger partial charge on any atom is -0.504 e. The number of rotatable bonds is 4. The Labute approximate surface area is 135 Å². The quantitative estimate of drug-likeness (QED) is 0.898. The van der Waals surface area contributed by atoms with Crippen molar-refractivity contribution in [3.05, 3.63) is 42.1 Å². The summed E-state index contributed by atoms with van der Waals surface area (Å²) in [6.45, 7) is 0. The van der Waals surface area contributed by atoms with Crippen LogP contribution in [0.3, 0.4) is 0 Å². The third-order valence-corrected chi connectivity index (χ3v) is 3.42. The number of amides is 1. The number of ether oxygens (including phenoxy) is 1. The van der Waals surface area contributed by atoms with Gasteiger partial charge in [0.2, 0.25) is 0 Å². The topological polar surface area (TPSA) is 71.5 Å². The first-order chi connectivity index (χ1) is 11.3. The summed E-state index contributed by atoms with van der Waals surface area (Å²) in [7, 11) is 0. The van der Waals surface area contributed by atoms with Crippen molar-refractivity contribution in [3.8, 4) is 22.8 Å². The third-order valence-electron chi connectivity index (χ3n) is 3.42. The first-order valence-electron chi connectivity index (χ1n) is 7.18. The monoisotopic (exact) mass is 338 g/mol. The lowest BCUT2D eigenvalue weighted by atomic mass is 10.1. The second-order valence-corrected chi connectivity index (χ2v) is 5.41. The minimum atomic E-state index is -4.92. The van der Waals surface area contributed by atoms with Crippen molar-refractivity contribution in [3.63, 3.8) is 0 Å². The van der Waals surface area contributed by atoms with Gasteiger partial charge in [0.1, 0.15) is 0 Å². The summed E-state index contributed by atoms with van der Waals surface area (Å²) in [4.78, 5) is 16.1. The molecule has 0 atom stereocenters. The Morgan fingerprint density at radius 3 is 2.67 bits per heavy atom. The molecule has 1 saturated carbocycles. The zero-order chi connectivity index (χ0) is 17.3. The van der Waals surface area contributed by atoms with Gasteiger partial charge < -0.3 is 15.2 Å². The van der Waals surface area contributed by atoms with E-state index < -0.39 is 17.9 Å². The van der Waals surface area contributed by atoms with Crippen LogP contribution in [0, 0.1) is 0 Å². The largest absolute Gasteiger partial charge is 0.573 e. The number of pyridine rings is 1. The average Bonchev–Trinajstić information content (AvgIpc) is 3.32. The van der Waals surface area contributed by atoms with E-state index in [9.17, 15) is 23.1 Å². The van der Waals surface area contributed by atoms with E-state index in [2.05, 4.69) is 15.0 Å². The van der Waals surface area contributed by atoms with Gasteiger partial charge in [0.25, 0.3) is 5.91 Å². The maximum Gasteiger partial charge on any atom is 0.573 e. The van der Waals surface area contributed by atoms with Gasteiger partial charge >= 0.3 is 6.36 Å². The van der Waals surface area contributed by atoms with Crippen LogP contribution in [0.4, 0.5) is 13.2 Å². The zero-order valence-corrected chi connectivity index (χ0v) is 12.3. The summed E-state index contributed by atoms with van der Waals surface area (Å²) in [5.74, 6) is -1.62. The molecular weight excluding hydrogens is 325 g/mol. The lowest BCUT2D eigenvalue weighted by Crippen LogP contribution is -2.25. The molecule has 1 aliphatic carbocycles. The normalized spacial score (nSPS) is 14.3. The molecule has 0 bridgehead atoms. The molecule has 0 spiro atoms. The van der Waals surface area contributed by atoms with Gasteiger partial charge in [-0.3, -0.25) is 9.78 Å². The van der Waals surface area contributed by atoms with Gasteiger partial charge in [-0.05, 0) is 43.2 Å². The summed E-state index contributed by atoms with van der Waals surface area (Å²) in [6.07, 6.45) is -1.64. The van der Waals surface area contributed by atoms with Gasteiger partial charge in [-0.1, -0.05) is 0 Å². The summed E-state index contributed by atoms with van der Waals surface area (Å²) in [6, 6.07) is 6.68. The van der Waals surface area contributed by atoms with E-state index in [0.29, 0.717) is 11.3 Å². The van der Waals surface area contributed by atoms with Gasteiger partial charge in [-0.2, -0.15) is 0 Å². The number of aromatic nitrogens is 1. The number of alkyl halides is 3. The summed E-state index contributed by atoms with van der Waals surface area (Å²) in [5.41, 5.74) is 0.942. The molecule has 1 aliphatic rings. The molecule has 1 fully saturated rings. The minimum absolute atomic E-state index is 0.189. The molecule has 0 radical (unpaired) electrons. The van der Waals surface area contributed by atoms with Crippen molar-refractivity contribution >= 4 is 5.91 Å². The summed E-state index contributed by atoms with van der Waals surface area (Å²) >= 11 is 0. The number of benzene rings is 1. The first-order valence-corrected chi connectivity index (χ1v) is 7.18. The number of nitrogens with zero attached hydrogens (tertiary/aromatic N) is 1. The molecule has 8 heteroatoms. The van der Waals surface area contributed by atoms with Crippen molar-refractivity contribution in [1.29, 1.82) is 0 Å². The summed E-state index contributed by atoms with van der Waals surface area (Å²) < 4.78 is 40.8. The van der Waals surface area contributed by atoms with Crippen LogP contribution in [0.25, 0.3) is 11.3 Å². The fourth-order valence-corrected chi connectivity index (χ4v) is 2.11. The van der Waals surface area contributed by atoms with Crippen molar-refractivity contribution in [2.75, 3.05) is 0 Å². The molecule has 24 heavy (non-hydrogen) atoms. The Hall–Kier alpha value is -2.77. The van der Waals surface area contributed by atoms with E-state index in [1.54, 1.807) is 0 Å². The number of hydrogen-bond donors (Lipinski definition) is 2. The van der Waals surface area contributed by atoms with Crippen molar-refractivity contribution in [1.82, 2.24) is 10.3 Å².